The molecule has 3 N–H and O–H groups in total. The van der Waals surface area contributed by atoms with Gasteiger partial charge in [0.05, 0.1) is 0 Å². The van der Waals surface area contributed by atoms with Gasteiger partial charge in [-0.25, -0.2) is 0 Å². The second-order valence-corrected chi connectivity index (χ2v) is 4.06. The van der Waals surface area contributed by atoms with Gasteiger partial charge in [0.2, 0.25) is 0 Å². The van der Waals surface area contributed by atoms with Crippen molar-refractivity contribution in [3.05, 3.63) is 0 Å². The van der Waals surface area contributed by atoms with Crippen LogP contribution in [0.2, 0.25) is 0 Å². The first-order valence-electron chi connectivity index (χ1n) is 4.19. The molecule has 0 spiro atoms. The van der Waals surface area contributed by atoms with E-state index >= 15 is 0 Å². The van der Waals surface area contributed by atoms with Crippen LogP contribution in [-0.4, -0.2) is 32.8 Å². The second kappa shape index (κ2) is 3.65. The largest absolute Gasteiger partial charge is 0.411 e. The van der Waals surface area contributed by atoms with Crippen LogP contribution < -0.4 is 0 Å². The summed E-state index contributed by atoms with van der Waals surface area (Å²) in [6.45, 7) is 3.88. The van der Waals surface area contributed by atoms with Crippen molar-refractivity contribution in [3.63, 3.8) is 0 Å². The molecule has 0 aromatic heterocycles. The topological polar surface area (TPSA) is 97.8 Å². The fraction of sp³-hybridized carbons (Fsp3) is 0.625. The quantitative estimate of drug-likeness (QED) is 0.405. The van der Waals surface area contributed by atoms with E-state index in [9.17, 15) is 0 Å². The molecule has 0 bridgehead atoms. The molecule has 1 saturated carbocycles. The fourth-order valence-corrected chi connectivity index (χ4v) is 1.58. The highest BCUT2D eigenvalue weighted by molar-refractivity contribution is 6.69. The number of oxime groups is 3. The van der Waals surface area contributed by atoms with Gasteiger partial charge in [0, 0.05) is 12.8 Å². The van der Waals surface area contributed by atoms with E-state index in [0.29, 0.717) is 12.8 Å². The van der Waals surface area contributed by atoms with Gasteiger partial charge in [-0.1, -0.05) is 29.3 Å². The molecule has 1 aliphatic rings. The molecular weight excluding hydrogens is 186 g/mol. The molecule has 0 amide bonds. The molecule has 6 heteroatoms. The summed E-state index contributed by atoms with van der Waals surface area (Å²) in [5.41, 5.74) is 0.347. The van der Waals surface area contributed by atoms with Crippen LogP contribution in [0.25, 0.3) is 0 Å². The van der Waals surface area contributed by atoms with Crippen molar-refractivity contribution >= 4 is 17.1 Å². The average Bonchev–Trinajstić information content (AvgIpc) is 2.15. The van der Waals surface area contributed by atoms with Crippen LogP contribution in [0.4, 0.5) is 0 Å². The Hall–Kier alpha value is -1.59. The molecule has 0 aromatic carbocycles. The minimum Gasteiger partial charge on any atom is -0.411 e. The summed E-state index contributed by atoms with van der Waals surface area (Å²) in [5, 5.41) is 35.1. The van der Waals surface area contributed by atoms with Crippen LogP contribution in [0.5, 0.6) is 0 Å². The number of hydrogen-bond donors (Lipinski definition) is 3. The zero-order valence-electron chi connectivity index (χ0n) is 8.10. The molecule has 6 nitrogen and oxygen atoms in total. The van der Waals surface area contributed by atoms with Crippen molar-refractivity contribution in [1.82, 2.24) is 0 Å². The fourth-order valence-electron chi connectivity index (χ4n) is 1.58. The normalized spacial score (nSPS) is 26.9. The van der Waals surface area contributed by atoms with Gasteiger partial charge in [-0.05, 0) is 5.41 Å². The Morgan fingerprint density at radius 3 is 1.64 bits per heavy atom. The minimum absolute atomic E-state index is 0.0503. The highest BCUT2D eigenvalue weighted by Gasteiger charge is 2.35. The lowest BCUT2D eigenvalue weighted by Gasteiger charge is -2.30. The standard InChI is InChI=1S/C8H13N3O3/c1-8(2)3-5(9-12)7(11-14)6(4-8)10-13/h12-14H,3-4H2,1-2H3/b9-5-,10-6-. The molecule has 0 saturated heterocycles. The van der Waals surface area contributed by atoms with Crippen LogP contribution in [0, 0.1) is 5.41 Å². The number of nitrogens with zero attached hydrogens (tertiary/aromatic N) is 3. The average molecular weight is 199 g/mol. The third-order valence-electron chi connectivity index (χ3n) is 2.18. The van der Waals surface area contributed by atoms with Crippen molar-refractivity contribution in [1.29, 1.82) is 0 Å². The third-order valence-corrected chi connectivity index (χ3v) is 2.18. The summed E-state index contributed by atoms with van der Waals surface area (Å²) >= 11 is 0. The first-order valence-corrected chi connectivity index (χ1v) is 4.19. The van der Waals surface area contributed by atoms with Crippen LogP contribution in [0.3, 0.4) is 0 Å². The van der Waals surface area contributed by atoms with Crippen molar-refractivity contribution < 1.29 is 15.6 Å². The molecule has 14 heavy (non-hydrogen) atoms. The first-order chi connectivity index (χ1) is 6.54. The molecule has 0 aromatic rings. The van der Waals surface area contributed by atoms with Gasteiger partial charge >= 0.3 is 0 Å². The Morgan fingerprint density at radius 2 is 1.36 bits per heavy atom. The van der Waals surface area contributed by atoms with E-state index in [2.05, 4.69) is 15.5 Å². The molecule has 1 fully saturated rings. The Balaban J connectivity index is 3.11. The summed E-state index contributed by atoms with van der Waals surface area (Å²) in [6.07, 6.45) is 0.948. The molecule has 0 radical (unpaired) electrons. The number of rotatable bonds is 0. The van der Waals surface area contributed by atoms with E-state index in [0.717, 1.165) is 0 Å². The maximum atomic E-state index is 8.70. The minimum atomic E-state index is -0.169. The van der Waals surface area contributed by atoms with Crippen LogP contribution >= 0.6 is 0 Å². The maximum absolute atomic E-state index is 8.70. The van der Waals surface area contributed by atoms with Gasteiger partial charge in [-0.15, -0.1) is 0 Å². The van der Waals surface area contributed by atoms with Crippen LogP contribution in [0.1, 0.15) is 26.7 Å². The van der Waals surface area contributed by atoms with Gasteiger partial charge in [-0.3, -0.25) is 0 Å². The van der Waals surface area contributed by atoms with Gasteiger partial charge in [0.25, 0.3) is 0 Å². The molecule has 0 heterocycles. The summed E-state index contributed by atoms with van der Waals surface area (Å²) in [5.74, 6) is 0. The number of hydrogen-bond acceptors (Lipinski definition) is 6. The Labute approximate surface area is 81.2 Å². The van der Waals surface area contributed by atoms with E-state index < -0.39 is 0 Å². The van der Waals surface area contributed by atoms with E-state index in [1.165, 1.54) is 0 Å². The van der Waals surface area contributed by atoms with Gasteiger partial charge < -0.3 is 15.6 Å². The van der Waals surface area contributed by atoms with Crippen LogP contribution in [0.15, 0.2) is 15.5 Å². The van der Waals surface area contributed by atoms with Crippen LogP contribution in [-0.2, 0) is 0 Å². The molecule has 1 aliphatic carbocycles. The second-order valence-electron chi connectivity index (χ2n) is 4.06. The Bertz CT molecular complexity index is 292. The van der Waals surface area contributed by atoms with Gasteiger partial charge in [-0.2, -0.15) is 0 Å². The van der Waals surface area contributed by atoms with E-state index in [1.54, 1.807) is 0 Å². The van der Waals surface area contributed by atoms with E-state index in [4.69, 9.17) is 15.6 Å². The molecular formula is C8H13N3O3. The Kier molecular flexibility index (Phi) is 2.73. The predicted molar refractivity (Wildman–Crippen MR) is 50.7 cm³/mol. The van der Waals surface area contributed by atoms with E-state index in [1.807, 2.05) is 13.8 Å². The predicted octanol–water partition coefficient (Wildman–Crippen LogP) is 1.30. The van der Waals surface area contributed by atoms with Crippen molar-refractivity contribution in [2.75, 3.05) is 0 Å². The molecule has 1 rings (SSSR count). The summed E-state index contributed by atoms with van der Waals surface area (Å²) in [6, 6.07) is 0. The monoisotopic (exact) mass is 199 g/mol. The summed E-state index contributed by atoms with van der Waals surface area (Å²) < 4.78 is 0. The first kappa shape index (κ1) is 10.5. The summed E-state index contributed by atoms with van der Waals surface area (Å²) in [7, 11) is 0. The van der Waals surface area contributed by atoms with Crippen molar-refractivity contribution in [2.45, 2.75) is 26.7 Å². The van der Waals surface area contributed by atoms with Gasteiger partial charge in [0.15, 0.2) is 5.71 Å². The lowest BCUT2D eigenvalue weighted by atomic mass is 9.74. The van der Waals surface area contributed by atoms with Crippen molar-refractivity contribution in [3.8, 4) is 0 Å². The smallest absolute Gasteiger partial charge is 0.152 e. The zero-order valence-corrected chi connectivity index (χ0v) is 8.10. The highest BCUT2D eigenvalue weighted by Crippen LogP contribution is 2.31. The van der Waals surface area contributed by atoms with Crippen molar-refractivity contribution in [2.24, 2.45) is 20.9 Å². The third kappa shape index (κ3) is 1.84. The molecule has 0 atom stereocenters. The lowest BCUT2D eigenvalue weighted by molar-refractivity contribution is 0.298. The summed E-state index contributed by atoms with van der Waals surface area (Å²) in [4.78, 5) is 0. The maximum Gasteiger partial charge on any atom is 0.152 e. The molecule has 0 unspecified atom stereocenters. The van der Waals surface area contributed by atoms with Gasteiger partial charge in [0.1, 0.15) is 11.4 Å². The Morgan fingerprint density at radius 1 is 0.929 bits per heavy atom. The lowest BCUT2D eigenvalue weighted by Crippen LogP contribution is -2.38. The van der Waals surface area contributed by atoms with E-state index in [-0.39, 0.29) is 22.6 Å². The molecule has 78 valence electrons. The SMILES string of the molecule is CC1(C)C/C(=N/O)C(=NO)/C(=N\O)C1. The molecule has 0 aliphatic heterocycles. The zero-order chi connectivity index (χ0) is 10.8. The highest BCUT2D eigenvalue weighted by atomic mass is 16.4.